The largest absolute Gasteiger partial charge is 0.487 e. The van der Waals surface area contributed by atoms with E-state index in [0.717, 1.165) is 9.32 Å². The molecule has 0 fully saturated rings. The van der Waals surface area contributed by atoms with Gasteiger partial charge in [-0.15, -0.1) is 0 Å². The Hall–Kier alpha value is -1.57. The highest BCUT2D eigenvalue weighted by molar-refractivity contribution is 14.1. The van der Waals surface area contributed by atoms with Gasteiger partial charge in [-0.3, -0.25) is 0 Å². The molecule has 0 amide bonds. The number of hydrogen-bond acceptors (Lipinski definition) is 4. The Balaban J connectivity index is 1.94. The van der Waals surface area contributed by atoms with E-state index in [-0.39, 0.29) is 0 Å². The van der Waals surface area contributed by atoms with E-state index in [2.05, 4.69) is 27.7 Å². The van der Waals surface area contributed by atoms with Gasteiger partial charge < -0.3 is 9.47 Å². The van der Waals surface area contributed by atoms with Crippen molar-refractivity contribution in [2.24, 2.45) is 0 Å². The van der Waals surface area contributed by atoms with Crippen molar-refractivity contribution in [3.05, 3.63) is 45.8 Å². The maximum Gasteiger partial charge on any atom is 0.435 e. The van der Waals surface area contributed by atoms with Crippen LogP contribution < -0.4 is 4.74 Å². The molecule has 112 valence electrons. The average molecular weight is 400 g/mol. The molecule has 0 radical (unpaired) electrons. The fraction of sp³-hybridized carbons (Fsp3) is 0.333. The Kier molecular flexibility index (Phi) is 4.87. The molecular weight excluding hydrogens is 383 g/mol. The van der Waals surface area contributed by atoms with Crippen molar-refractivity contribution in [2.45, 2.75) is 33.0 Å². The number of nitrogens with zero attached hydrogens (tertiary/aromatic N) is 2. The standard InChI is InChI=1S/C15H17IN2O3/c1-15(2,3)21-14(19)18-9-8-12(17-18)10-20-13-6-4-11(16)5-7-13/h4-9H,10H2,1-3H3. The van der Waals surface area contributed by atoms with Crippen molar-refractivity contribution in [1.29, 1.82) is 0 Å². The van der Waals surface area contributed by atoms with E-state index in [0.29, 0.717) is 12.3 Å². The van der Waals surface area contributed by atoms with Gasteiger partial charge in [0.25, 0.3) is 0 Å². The Labute approximate surface area is 137 Å². The molecule has 2 aromatic rings. The minimum absolute atomic E-state index is 0.302. The first-order valence-electron chi connectivity index (χ1n) is 6.50. The molecule has 0 saturated carbocycles. The molecule has 21 heavy (non-hydrogen) atoms. The third-order valence-electron chi connectivity index (χ3n) is 2.43. The lowest BCUT2D eigenvalue weighted by Crippen LogP contribution is -2.27. The molecule has 0 spiro atoms. The van der Waals surface area contributed by atoms with Crippen molar-refractivity contribution in [1.82, 2.24) is 9.78 Å². The number of carbonyl (C=O) groups is 1. The molecular formula is C15H17IN2O3. The van der Waals surface area contributed by atoms with Gasteiger partial charge in [0.1, 0.15) is 23.7 Å². The second kappa shape index (κ2) is 6.46. The summed E-state index contributed by atoms with van der Waals surface area (Å²) in [6.45, 7) is 5.75. The van der Waals surface area contributed by atoms with Crippen LogP contribution in [0.4, 0.5) is 4.79 Å². The Morgan fingerprint density at radius 1 is 1.24 bits per heavy atom. The van der Waals surface area contributed by atoms with Crippen LogP contribution in [-0.4, -0.2) is 21.5 Å². The number of ether oxygens (including phenoxy) is 2. The first kappa shape index (κ1) is 15.8. The number of hydrogen-bond donors (Lipinski definition) is 0. The van der Waals surface area contributed by atoms with Crippen molar-refractivity contribution in [3.8, 4) is 5.75 Å². The molecule has 0 saturated heterocycles. The topological polar surface area (TPSA) is 53.4 Å². The smallest absolute Gasteiger partial charge is 0.435 e. The zero-order chi connectivity index (χ0) is 15.5. The zero-order valence-corrected chi connectivity index (χ0v) is 14.3. The van der Waals surface area contributed by atoms with Gasteiger partial charge in [0.15, 0.2) is 0 Å². The van der Waals surface area contributed by atoms with Gasteiger partial charge in [0.2, 0.25) is 0 Å². The van der Waals surface area contributed by atoms with Crippen molar-refractivity contribution < 1.29 is 14.3 Å². The van der Waals surface area contributed by atoms with Gasteiger partial charge in [-0.25, -0.2) is 4.79 Å². The third kappa shape index (κ3) is 5.04. The fourth-order valence-corrected chi connectivity index (χ4v) is 1.90. The van der Waals surface area contributed by atoms with E-state index < -0.39 is 11.7 Å². The van der Waals surface area contributed by atoms with Gasteiger partial charge in [-0.2, -0.15) is 9.78 Å². The summed E-state index contributed by atoms with van der Waals surface area (Å²) in [7, 11) is 0. The van der Waals surface area contributed by atoms with E-state index >= 15 is 0 Å². The molecule has 1 aromatic carbocycles. The van der Waals surface area contributed by atoms with Gasteiger partial charge in [0, 0.05) is 9.77 Å². The van der Waals surface area contributed by atoms with Crippen molar-refractivity contribution in [3.63, 3.8) is 0 Å². The summed E-state index contributed by atoms with van der Waals surface area (Å²) in [5.41, 5.74) is 0.125. The van der Waals surface area contributed by atoms with Crippen LogP contribution in [0.15, 0.2) is 36.5 Å². The maximum atomic E-state index is 11.8. The molecule has 1 heterocycles. The SMILES string of the molecule is CC(C)(C)OC(=O)n1ccc(COc2ccc(I)cc2)n1. The number of rotatable bonds is 3. The molecule has 0 N–H and O–H groups in total. The minimum Gasteiger partial charge on any atom is -0.487 e. The predicted octanol–water partition coefficient (Wildman–Crippen LogP) is 3.85. The number of carbonyl (C=O) groups excluding carboxylic acids is 1. The van der Waals surface area contributed by atoms with Crippen molar-refractivity contribution in [2.75, 3.05) is 0 Å². The number of aromatic nitrogens is 2. The summed E-state index contributed by atoms with van der Waals surface area (Å²) in [5, 5.41) is 4.14. The summed E-state index contributed by atoms with van der Waals surface area (Å²) < 4.78 is 13.2. The van der Waals surface area contributed by atoms with Crippen LogP contribution >= 0.6 is 22.6 Å². The molecule has 0 atom stereocenters. The second-order valence-corrected chi connectivity index (χ2v) is 6.72. The average Bonchev–Trinajstić information content (AvgIpc) is 2.85. The lowest BCUT2D eigenvalue weighted by molar-refractivity contribution is 0.0513. The summed E-state index contributed by atoms with van der Waals surface area (Å²) >= 11 is 2.23. The van der Waals surface area contributed by atoms with E-state index in [9.17, 15) is 4.79 Å². The lowest BCUT2D eigenvalue weighted by Gasteiger charge is -2.18. The molecule has 0 bridgehead atoms. The van der Waals surface area contributed by atoms with Gasteiger partial charge in [0.05, 0.1) is 0 Å². The normalized spacial score (nSPS) is 11.2. The molecule has 0 unspecified atom stereocenters. The van der Waals surface area contributed by atoms with E-state index in [1.165, 1.54) is 4.68 Å². The van der Waals surface area contributed by atoms with Gasteiger partial charge in [-0.1, -0.05) is 0 Å². The fourth-order valence-electron chi connectivity index (χ4n) is 1.54. The minimum atomic E-state index is -0.541. The van der Waals surface area contributed by atoms with Crippen LogP contribution in [0.2, 0.25) is 0 Å². The second-order valence-electron chi connectivity index (χ2n) is 5.47. The monoisotopic (exact) mass is 400 g/mol. The molecule has 5 nitrogen and oxygen atoms in total. The van der Waals surface area contributed by atoms with Crippen LogP contribution in [0.1, 0.15) is 26.5 Å². The van der Waals surface area contributed by atoms with Crippen LogP contribution in [0, 0.1) is 3.57 Å². The van der Waals surface area contributed by atoms with Gasteiger partial charge >= 0.3 is 6.09 Å². The molecule has 2 rings (SSSR count). The number of benzene rings is 1. The Morgan fingerprint density at radius 2 is 1.90 bits per heavy atom. The number of halogens is 1. The molecule has 0 aliphatic carbocycles. The third-order valence-corrected chi connectivity index (χ3v) is 3.14. The highest BCUT2D eigenvalue weighted by atomic mass is 127. The maximum absolute atomic E-state index is 11.8. The van der Waals surface area contributed by atoms with E-state index in [1.807, 2.05) is 45.0 Å². The zero-order valence-electron chi connectivity index (χ0n) is 12.2. The first-order chi connectivity index (χ1) is 9.83. The van der Waals surface area contributed by atoms with E-state index in [4.69, 9.17) is 9.47 Å². The highest BCUT2D eigenvalue weighted by Crippen LogP contribution is 2.15. The molecule has 0 aliphatic heterocycles. The molecule has 0 aliphatic rings. The Bertz CT molecular complexity index is 615. The van der Waals surface area contributed by atoms with Crippen molar-refractivity contribution >= 4 is 28.7 Å². The summed E-state index contributed by atoms with van der Waals surface area (Å²) in [6, 6.07) is 9.46. The van der Waals surface area contributed by atoms with Gasteiger partial charge in [-0.05, 0) is 73.7 Å². The first-order valence-corrected chi connectivity index (χ1v) is 7.58. The van der Waals surface area contributed by atoms with Crippen LogP contribution in [-0.2, 0) is 11.3 Å². The molecule has 6 heteroatoms. The van der Waals surface area contributed by atoms with Crippen LogP contribution in [0.3, 0.4) is 0 Å². The van der Waals surface area contributed by atoms with Crippen LogP contribution in [0.25, 0.3) is 0 Å². The van der Waals surface area contributed by atoms with Crippen LogP contribution in [0.5, 0.6) is 5.75 Å². The molecule has 1 aromatic heterocycles. The lowest BCUT2D eigenvalue weighted by atomic mass is 10.2. The predicted molar refractivity (Wildman–Crippen MR) is 87.4 cm³/mol. The summed E-state index contributed by atoms with van der Waals surface area (Å²) in [4.78, 5) is 11.8. The van der Waals surface area contributed by atoms with E-state index in [1.54, 1.807) is 12.3 Å². The highest BCUT2D eigenvalue weighted by Gasteiger charge is 2.18. The Morgan fingerprint density at radius 3 is 2.52 bits per heavy atom. The quantitative estimate of drug-likeness (QED) is 0.735. The summed E-state index contributed by atoms with van der Waals surface area (Å²) in [5.74, 6) is 0.766. The summed E-state index contributed by atoms with van der Waals surface area (Å²) in [6.07, 6.45) is 1.07.